The fraction of sp³-hybridized carbons (Fsp3) is 0.348. The predicted octanol–water partition coefficient (Wildman–Crippen LogP) is 4.52. The van der Waals surface area contributed by atoms with E-state index in [2.05, 4.69) is 11.9 Å². The van der Waals surface area contributed by atoms with E-state index in [1.54, 1.807) is 36.4 Å². The van der Waals surface area contributed by atoms with Gasteiger partial charge in [-0.3, -0.25) is 0 Å². The van der Waals surface area contributed by atoms with Gasteiger partial charge in [-0.1, -0.05) is 35.8 Å². The minimum Gasteiger partial charge on any atom is -0.462 e. The van der Waals surface area contributed by atoms with Gasteiger partial charge in [0.2, 0.25) is 10.0 Å². The van der Waals surface area contributed by atoms with Crippen molar-refractivity contribution in [1.29, 1.82) is 0 Å². The molecule has 174 valence electrons. The zero-order valence-corrected chi connectivity index (χ0v) is 20.0. The Kier molecular flexibility index (Phi) is 5.60. The first-order valence-corrected chi connectivity index (χ1v) is 12.7. The minimum absolute atomic E-state index is 0.0373. The Morgan fingerprint density at radius 1 is 1.18 bits per heavy atom. The number of allylic oxidation sites excluding steroid dienone is 1. The van der Waals surface area contributed by atoms with Gasteiger partial charge in [0.05, 0.1) is 4.90 Å². The first-order valence-electron chi connectivity index (χ1n) is 10.5. The number of benzene rings is 2. The van der Waals surface area contributed by atoms with Crippen LogP contribution >= 0.6 is 23.2 Å². The van der Waals surface area contributed by atoms with Crippen LogP contribution in [0, 0.1) is 5.41 Å². The number of hydrogen-bond acceptors (Lipinski definition) is 5. The molecule has 1 aliphatic carbocycles. The molecule has 5 rings (SSSR count). The standard InChI is InChI=1S/C23H22Cl2N2O5S/c1-14-4-16-2-3-20(8-21(16)32-14)33(29,30)27-12-23(13-27)9-19(10-23)26-22(28)31-11-15-5-17(24)7-18(25)6-15/h2-3,5-8,19H,1,4,9-13H2,(H,26,28). The largest absolute Gasteiger partial charge is 0.462 e. The Bertz CT molecular complexity index is 1230. The number of hydrogen-bond donors (Lipinski definition) is 1. The molecule has 1 saturated carbocycles. The van der Waals surface area contributed by atoms with Crippen molar-refractivity contribution in [1.82, 2.24) is 9.62 Å². The average molecular weight is 509 g/mol. The van der Waals surface area contributed by atoms with Gasteiger partial charge in [-0.25, -0.2) is 13.2 Å². The average Bonchev–Trinajstić information content (AvgIpc) is 3.05. The van der Waals surface area contributed by atoms with Crippen molar-refractivity contribution in [3.05, 3.63) is 69.9 Å². The molecule has 1 saturated heterocycles. The molecule has 1 amide bonds. The molecular formula is C23H22Cl2N2O5S. The second kappa shape index (κ2) is 8.20. The maximum atomic E-state index is 13.0. The highest BCUT2D eigenvalue weighted by Crippen LogP contribution is 2.50. The highest BCUT2D eigenvalue weighted by Gasteiger charge is 2.56. The van der Waals surface area contributed by atoms with Gasteiger partial charge in [0.15, 0.2) is 0 Å². The first kappa shape index (κ1) is 22.5. The van der Waals surface area contributed by atoms with Gasteiger partial charge in [-0.2, -0.15) is 4.31 Å². The van der Waals surface area contributed by atoms with Crippen LogP contribution in [0.3, 0.4) is 0 Å². The number of halogens is 2. The molecule has 2 fully saturated rings. The van der Waals surface area contributed by atoms with Crippen LogP contribution in [-0.4, -0.2) is 37.9 Å². The molecule has 2 aliphatic heterocycles. The lowest BCUT2D eigenvalue weighted by Crippen LogP contribution is -2.67. The fourth-order valence-corrected chi connectivity index (χ4v) is 7.01. The van der Waals surface area contributed by atoms with Gasteiger partial charge in [0, 0.05) is 52.6 Å². The van der Waals surface area contributed by atoms with E-state index in [4.69, 9.17) is 32.7 Å². The number of alkyl carbamates (subject to hydrolysis) is 1. The molecule has 2 aromatic carbocycles. The summed E-state index contributed by atoms with van der Waals surface area (Å²) in [5.74, 6) is 1.17. The summed E-state index contributed by atoms with van der Waals surface area (Å²) < 4.78 is 38.2. The van der Waals surface area contributed by atoms with Crippen LogP contribution in [0.4, 0.5) is 4.79 Å². The number of rotatable bonds is 5. The number of carbonyl (C=O) groups is 1. The Labute approximate surface area is 202 Å². The summed E-state index contributed by atoms with van der Waals surface area (Å²) in [6, 6.07) is 9.92. The summed E-state index contributed by atoms with van der Waals surface area (Å²) in [5, 5.41) is 3.79. The molecule has 33 heavy (non-hydrogen) atoms. The van der Waals surface area contributed by atoms with E-state index in [-0.39, 0.29) is 23.0 Å². The highest BCUT2D eigenvalue weighted by molar-refractivity contribution is 7.89. The van der Waals surface area contributed by atoms with Gasteiger partial charge in [-0.15, -0.1) is 0 Å². The zero-order valence-electron chi connectivity index (χ0n) is 17.6. The third kappa shape index (κ3) is 4.45. The number of sulfonamides is 1. The third-order valence-corrected chi connectivity index (χ3v) is 8.54. The van der Waals surface area contributed by atoms with Crippen LogP contribution in [0.5, 0.6) is 5.75 Å². The maximum Gasteiger partial charge on any atom is 0.407 e. The highest BCUT2D eigenvalue weighted by atomic mass is 35.5. The lowest BCUT2D eigenvalue weighted by Gasteiger charge is -2.58. The molecule has 0 bridgehead atoms. The molecule has 0 aromatic heterocycles. The van der Waals surface area contributed by atoms with Crippen LogP contribution in [0.15, 0.2) is 53.6 Å². The molecule has 2 aromatic rings. The van der Waals surface area contributed by atoms with Crippen LogP contribution in [0.2, 0.25) is 10.0 Å². The van der Waals surface area contributed by atoms with Crippen molar-refractivity contribution in [3.63, 3.8) is 0 Å². The van der Waals surface area contributed by atoms with E-state index < -0.39 is 16.1 Å². The van der Waals surface area contributed by atoms with Crippen molar-refractivity contribution in [2.24, 2.45) is 5.41 Å². The molecule has 1 spiro atoms. The Morgan fingerprint density at radius 3 is 2.58 bits per heavy atom. The van der Waals surface area contributed by atoms with Crippen molar-refractivity contribution < 1.29 is 22.7 Å². The quantitative estimate of drug-likeness (QED) is 0.641. The summed E-state index contributed by atoms with van der Waals surface area (Å²) in [4.78, 5) is 12.3. The minimum atomic E-state index is -3.59. The SMILES string of the molecule is C=C1Cc2ccc(S(=O)(=O)N3CC4(CC(NC(=O)OCc5cc(Cl)cc(Cl)c5)C4)C3)cc2O1. The molecule has 0 atom stereocenters. The molecule has 3 aliphatic rings. The predicted molar refractivity (Wildman–Crippen MR) is 124 cm³/mol. The Balaban J connectivity index is 1.10. The Morgan fingerprint density at radius 2 is 1.88 bits per heavy atom. The molecular weight excluding hydrogens is 487 g/mol. The number of carbonyl (C=O) groups excluding carboxylic acids is 1. The molecule has 2 heterocycles. The van der Waals surface area contributed by atoms with E-state index in [1.807, 2.05) is 0 Å². The molecule has 0 unspecified atom stereocenters. The van der Waals surface area contributed by atoms with Crippen molar-refractivity contribution in [2.75, 3.05) is 13.1 Å². The lowest BCUT2D eigenvalue weighted by molar-refractivity contribution is -0.0333. The van der Waals surface area contributed by atoms with Gasteiger partial charge < -0.3 is 14.8 Å². The van der Waals surface area contributed by atoms with E-state index in [1.165, 1.54) is 4.31 Å². The molecule has 1 N–H and O–H groups in total. The maximum absolute atomic E-state index is 13.0. The van der Waals surface area contributed by atoms with E-state index >= 15 is 0 Å². The monoisotopic (exact) mass is 508 g/mol. The van der Waals surface area contributed by atoms with Crippen LogP contribution in [-0.2, 0) is 27.8 Å². The normalized spacial score (nSPS) is 19.4. The fourth-order valence-electron chi connectivity index (χ4n) is 4.76. The summed E-state index contributed by atoms with van der Waals surface area (Å²) in [7, 11) is -3.59. The van der Waals surface area contributed by atoms with Gasteiger partial charge >= 0.3 is 6.09 Å². The first-order chi connectivity index (χ1) is 15.6. The summed E-state index contributed by atoms with van der Waals surface area (Å²) in [5.41, 5.74) is 1.55. The van der Waals surface area contributed by atoms with Crippen LogP contribution in [0.1, 0.15) is 24.0 Å². The Hall–Kier alpha value is -2.26. The third-order valence-electron chi connectivity index (χ3n) is 6.31. The summed E-state index contributed by atoms with van der Waals surface area (Å²) in [6.07, 6.45) is 1.51. The number of nitrogens with one attached hydrogen (secondary N) is 1. The second-order valence-electron chi connectivity index (χ2n) is 8.96. The number of nitrogens with zero attached hydrogens (tertiary/aromatic N) is 1. The van der Waals surface area contributed by atoms with Gasteiger partial charge in [0.1, 0.15) is 18.1 Å². The van der Waals surface area contributed by atoms with E-state index in [0.717, 1.165) is 5.56 Å². The summed E-state index contributed by atoms with van der Waals surface area (Å²) >= 11 is 11.9. The van der Waals surface area contributed by atoms with Gasteiger partial charge in [0.25, 0.3) is 0 Å². The molecule has 0 radical (unpaired) electrons. The molecule has 10 heteroatoms. The topological polar surface area (TPSA) is 84.9 Å². The lowest BCUT2D eigenvalue weighted by atomic mass is 9.61. The number of amides is 1. The van der Waals surface area contributed by atoms with Crippen molar-refractivity contribution in [3.8, 4) is 5.75 Å². The molecule has 7 nitrogen and oxygen atoms in total. The van der Waals surface area contributed by atoms with Crippen molar-refractivity contribution >= 4 is 39.3 Å². The smallest absolute Gasteiger partial charge is 0.407 e. The second-order valence-corrected chi connectivity index (χ2v) is 11.8. The van der Waals surface area contributed by atoms with E-state index in [0.29, 0.717) is 59.5 Å². The number of ether oxygens (including phenoxy) is 2. The van der Waals surface area contributed by atoms with Gasteiger partial charge in [-0.05, 0) is 42.7 Å². The van der Waals surface area contributed by atoms with E-state index in [9.17, 15) is 13.2 Å². The zero-order chi connectivity index (χ0) is 23.4. The summed E-state index contributed by atoms with van der Waals surface area (Å²) in [6.45, 7) is 4.73. The number of fused-ring (bicyclic) bond motifs is 1. The van der Waals surface area contributed by atoms with Crippen LogP contribution < -0.4 is 10.1 Å². The van der Waals surface area contributed by atoms with Crippen molar-refractivity contribution in [2.45, 2.75) is 36.8 Å². The van der Waals surface area contributed by atoms with Crippen LogP contribution in [0.25, 0.3) is 0 Å².